The van der Waals surface area contributed by atoms with Gasteiger partial charge in [-0.15, -0.1) is 10.2 Å². The number of rotatable bonds is 6. The summed E-state index contributed by atoms with van der Waals surface area (Å²) in [6.07, 6.45) is 3.67. The number of carbonyl (C=O) groups is 1. The molecule has 0 saturated carbocycles. The van der Waals surface area contributed by atoms with Gasteiger partial charge in [-0.3, -0.25) is 9.20 Å². The molecule has 0 spiro atoms. The third-order valence-electron chi connectivity index (χ3n) is 4.85. The minimum Gasteiger partial charge on any atom is -0.497 e. The molecule has 1 N–H and O–H groups in total. The Morgan fingerprint density at radius 3 is 2.72 bits per heavy atom. The number of anilines is 1. The van der Waals surface area contributed by atoms with E-state index in [-0.39, 0.29) is 11.7 Å². The average Bonchev–Trinajstić information content (AvgIpc) is 3.43. The molecule has 0 aliphatic heterocycles. The first-order chi connectivity index (χ1) is 15.6. The van der Waals surface area contributed by atoms with Crippen molar-refractivity contribution in [2.75, 3.05) is 18.2 Å². The smallest absolute Gasteiger partial charge is 0.234 e. The monoisotopic (exact) mass is 464 g/mol. The third kappa shape index (κ3) is 3.88. The second-order valence-corrected chi connectivity index (χ2v) is 8.23. The van der Waals surface area contributed by atoms with E-state index in [9.17, 15) is 4.79 Å². The molecule has 0 unspecified atom stereocenters. The second kappa shape index (κ2) is 8.52. The minimum absolute atomic E-state index is 0.174. The Morgan fingerprint density at radius 2 is 1.94 bits per heavy atom. The number of aromatic nitrogens is 5. The summed E-state index contributed by atoms with van der Waals surface area (Å²) >= 11 is 7.40. The van der Waals surface area contributed by atoms with Crippen molar-refractivity contribution in [2.45, 2.75) is 5.16 Å². The lowest BCUT2D eigenvalue weighted by Gasteiger charge is -2.06. The van der Waals surface area contributed by atoms with Gasteiger partial charge in [-0.25, -0.2) is 4.52 Å². The van der Waals surface area contributed by atoms with Crippen molar-refractivity contribution in [3.63, 3.8) is 0 Å². The SMILES string of the molecule is COc1ccc(-c2cc3c4nnc(SCC(=O)Nc5ccccc5Cl)n4ccn3n2)cc1. The average molecular weight is 465 g/mol. The predicted molar refractivity (Wildman–Crippen MR) is 125 cm³/mol. The highest BCUT2D eigenvalue weighted by Crippen LogP contribution is 2.26. The van der Waals surface area contributed by atoms with Gasteiger partial charge in [0.15, 0.2) is 10.8 Å². The summed E-state index contributed by atoms with van der Waals surface area (Å²) in [4.78, 5) is 12.3. The minimum atomic E-state index is -0.174. The van der Waals surface area contributed by atoms with Crippen LogP contribution in [0.2, 0.25) is 5.02 Å². The highest BCUT2D eigenvalue weighted by molar-refractivity contribution is 7.99. The fourth-order valence-corrected chi connectivity index (χ4v) is 4.17. The van der Waals surface area contributed by atoms with Gasteiger partial charge in [0.05, 0.1) is 29.3 Å². The number of benzene rings is 2. The van der Waals surface area contributed by atoms with Crippen LogP contribution in [0, 0.1) is 0 Å². The predicted octanol–water partition coefficient (Wildman–Crippen LogP) is 4.44. The summed E-state index contributed by atoms with van der Waals surface area (Å²) in [7, 11) is 1.64. The quantitative estimate of drug-likeness (QED) is 0.374. The van der Waals surface area contributed by atoms with Crippen LogP contribution in [0.1, 0.15) is 0 Å². The lowest BCUT2D eigenvalue weighted by molar-refractivity contribution is -0.113. The maximum atomic E-state index is 12.3. The van der Waals surface area contributed by atoms with E-state index in [1.807, 2.05) is 59.3 Å². The summed E-state index contributed by atoms with van der Waals surface area (Å²) in [5.41, 5.74) is 3.85. The van der Waals surface area contributed by atoms with Gasteiger partial charge < -0.3 is 10.1 Å². The van der Waals surface area contributed by atoms with Gasteiger partial charge in [0.2, 0.25) is 5.91 Å². The molecule has 0 saturated heterocycles. The molecule has 0 fully saturated rings. The largest absolute Gasteiger partial charge is 0.497 e. The van der Waals surface area contributed by atoms with Crippen molar-refractivity contribution in [1.82, 2.24) is 24.2 Å². The topological polar surface area (TPSA) is 85.8 Å². The van der Waals surface area contributed by atoms with E-state index in [0.717, 1.165) is 22.5 Å². The zero-order valence-electron chi connectivity index (χ0n) is 16.9. The van der Waals surface area contributed by atoms with Crippen LogP contribution in [-0.4, -0.2) is 43.0 Å². The van der Waals surface area contributed by atoms with Gasteiger partial charge >= 0.3 is 0 Å². The number of para-hydroxylation sites is 1. The number of hydrogen-bond acceptors (Lipinski definition) is 6. The fraction of sp³-hybridized carbons (Fsp3) is 0.0909. The molecular formula is C22H17ClN6O2S. The summed E-state index contributed by atoms with van der Waals surface area (Å²) in [5.74, 6) is 0.790. The van der Waals surface area contributed by atoms with Gasteiger partial charge in [-0.2, -0.15) is 5.10 Å². The Balaban J connectivity index is 1.37. The lowest BCUT2D eigenvalue weighted by atomic mass is 10.1. The molecule has 0 bridgehead atoms. The zero-order chi connectivity index (χ0) is 22.1. The van der Waals surface area contributed by atoms with E-state index in [2.05, 4.69) is 20.6 Å². The number of carbonyl (C=O) groups excluding carboxylic acids is 1. The third-order valence-corrected chi connectivity index (χ3v) is 6.13. The number of nitrogens with zero attached hydrogens (tertiary/aromatic N) is 5. The molecule has 3 aromatic heterocycles. The summed E-state index contributed by atoms with van der Waals surface area (Å²) in [6.45, 7) is 0. The zero-order valence-corrected chi connectivity index (χ0v) is 18.5. The van der Waals surface area contributed by atoms with Gasteiger partial charge in [-0.05, 0) is 42.5 Å². The van der Waals surface area contributed by atoms with Crippen molar-refractivity contribution >= 4 is 46.1 Å². The standard InChI is InChI=1S/C22H17ClN6O2S/c1-31-15-8-6-14(7-9-15)18-12-19-21-25-26-22(28(21)10-11-29(19)27-18)32-13-20(30)24-17-5-3-2-4-16(17)23/h2-12H,13H2,1H3,(H,24,30). The number of hydrogen-bond donors (Lipinski definition) is 1. The van der Waals surface area contributed by atoms with E-state index in [4.69, 9.17) is 16.3 Å². The molecule has 160 valence electrons. The molecule has 0 atom stereocenters. The molecule has 0 aliphatic rings. The number of halogens is 1. The van der Waals surface area contributed by atoms with Crippen molar-refractivity contribution in [2.24, 2.45) is 0 Å². The molecule has 1 amide bonds. The number of thioether (sulfide) groups is 1. The van der Waals surface area contributed by atoms with Crippen LogP contribution in [-0.2, 0) is 4.79 Å². The molecule has 5 aromatic rings. The van der Waals surface area contributed by atoms with Crippen molar-refractivity contribution in [3.05, 3.63) is 72.0 Å². The molecule has 5 rings (SSSR count). The van der Waals surface area contributed by atoms with Gasteiger partial charge in [-0.1, -0.05) is 35.5 Å². The fourth-order valence-electron chi connectivity index (χ4n) is 3.27. The highest BCUT2D eigenvalue weighted by atomic mass is 35.5. The van der Waals surface area contributed by atoms with Gasteiger partial charge in [0.1, 0.15) is 11.3 Å². The number of nitrogens with one attached hydrogen (secondary N) is 1. The van der Waals surface area contributed by atoms with Crippen LogP contribution in [0.3, 0.4) is 0 Å². The molecule has 0 radical (unpaired) electrons. The number of fused-ring (bicyclic) bond motifs is 3. The number of methoxy groups -OCH3 is 1. The van der Waals surface area contributed by atoms with E-state index in [1.54, 1.807) is 23.8 Å². The van der Waals surface area contributed by atoms with Crippen molar-refractivity contribution in [1.29, 1.82) is 0 Å². The van der Waals surface area contributed by atoms with E-state index in [1.165, 1.54) is 11.8 Å². The maximum Gasteiger partial charge on any atom is 0.234 e. The van der Waals surface area contributed by atoms with E-state index < -0.39 is 0 Å². The van der Waals surface area contributed by atoms with E-state index in [0.29, 0.717) is 21.5 Å². The molecule has 0 aliphatic carbocycles. The van der Waals surface area contributed by atoms with Crippen LogP contribution < -0.4 is 10.1 Å². The lowest BCUT2D eigenvalue weighted by Crippen LogP contribution is -2.14. The van der Waals surface area contributed by atoms with Gasteiger partial charge in [0.25, 0.3) is 0 Å². The number of ether oxygens (including phenoxy) is 1. The first-order valence-corrected chi connectivity index (χ1v) is 11.0. The maximum absolute atomic E-state index is 12.3. The second-order valence-electron chi connectivity index (χ2n) is 6.88. The summed E-state index contributed by atoms with van der Waals surface area (Å²) in [5, 5.41) is 17.1. The van der Waals surface area contributed by atoms with Crippen LogP contribution in [0.15, 0.2) is 72.1 Å². The van der Waals surface area contributed by atoms with Gasteiger partial charge in [0, 0.05) is 18.0 Å². The molecule has 3 heterocycles. The van der Waals surface area contributed by atoms with Crippen molar-refractivity contribution < 1.29 is 9.53 Å². The first kappa shape index (κ1) is 20.3. The molecule has 8 nitrogen and oxygen atoms in total. The molecule has 32 heavy (non-hydrogen) atoms. The van der Waals surface area contributed by atoms with Crippen LogP contribution in [0.25, 0.3) is 22.4 Å². The van der Waals surface area contributed by atoms with Crippen molar-refractivity contribution in [3.8, 4) is 17.0 Å². The Kier molecular flexibility index (Phi) is 5.42. The Morgan fingerprint density at radius 1 is 1.12 bits per heavy atom. The Hall–Kier alpha value is -3.56. The van der Waals surface area contributed by atoms with Crippen LogP contribution >= 0.6 is 23.4 Å². The first-order valence-electron chi connectivity index (χ1n) is 9.67. The molecule has 2 aromatic carbocycles. The normalized spacial score (nSPS) is 11.2. The Labute approximate surface area is 192 Å². The van der Waals surface area contributed by atoms with Crippen LogP contribution in [0.4, 0.5) is 5.69 Å². The summed E-state index contributed by atoms with van der Waals surface area (Å²) < 4.78 is 8.83. The Bertz CT molecular complexity index is 1430. The molecular weight excluding hydrogens is 448 g/mol. The van der Waals surface area contributed by atoms with Crippen LogP contribution in [0.5, 0.6) is 5.75 Å². The number of amides is 1. The highest BCUT2D eigenvalue weighted by Gasteiger charge is 2.14. The summed E-state index contributed by atoms with van der Waals surface area (Å²) in [6, 6.07) is 16.8. The molecule has 10 heteroatoms. The van der Waals surface area contributed by atoms with E-state index >= 15 is 0 Å².